The molecule has 0 bridgehead atoms. The lowest BCUT2D eigenvalue weighted by Gasteiger charge is -2.22. The summed E-state index contributed by atoms with van der Waals surface area (Å²) in [5, 5.41) is 10.6. The lowest BCUT2D eigenvalue weighted by molar-refractivity contribution is -0.116. The molecule has 0 unspecified atom stereocenters. The van der Waals surface area contributed by atoms with Crippen LogP contribution >= 0.6 is 15.9 Å². The normalized spacial score (nSPS) is 11.3. The van der Waals surface area contributed by atoms with Crippen LogP contribution in [0, 0.1) is 6.92 Å². The average Bonchev–Trinajstić information content (AvgIpc) is 3.22. The number of anilines is 2. The van der Waals surface area contributed by atoms with Crippen LogP contribution in [-0.2, 0) is 10.2 Å². The Hall–Kier alpha value is -3.13. The number of urea groups is 1. The van der Waals surface area contributed by atoms with Gasteiger partial charge in [-0.15, -0.1) is 0 Å². The molecule has 0 aliphatic rings. The molecular formula is C27H34BrN5O2. The maximum Gasteiger partial charge on any atom is 0.322 e. The topological polar surface area (TPSA) is 79.3 Å². The highest BCUT2D eigenvalue weighted by atomic mass is 79.9. The number of halogens is 1. The molecule has 2 aromatic carbocycles. The van der Waals surface area contributed by atoms with Gasteiger partial charge in [-0.2, -0.15) is 5.10 Å². The predicted octanol–water partition coefficient (Wildman–Crippen LogP) is 6.51. The van der Waals surface area contributed by atoms with Gasteiger partial charge < -0.3 is 15.5 Å². The fourth-order valence-electron chi connectivity index (χ4n) is 3.41. The van der Waals surface area contributed by atoms with E-state index in [-0.39, 0.29) is 23.9 Å². The van der Waals surface area contributed by atoms with Gasteiger partial charge in [-0.05, 0) is 49.7 Å². The first-order chi connectivity index (χ1) is 16.6. The Morgan fingerprint density at radius 1 is 1.03 bits per heavy atom. The standard InChI is InChI=1S/C27H34BrN5O2/c1-6-7-16-32(26(35)29-21-12-10-20(28)11-13-21)18-25(34)30-24-17-23(27(3,4)5)31-33(24)22-14-8-19(2)9-15-22/h8-15,17H,6-7,16,18H2,1-5H3,(H,29,35)(H,30,34). The van der Waals surface area contributed by atoms with Crippen molar-refractivity contribution in [2.75, 3.05) is 23.7 Å². The van der Waals surface area contributed by atoms with Crippen LogP contribution in [0.25, 0.3) is 5.69 Å². The Morgan fingerprint density at radius 2 is 1.69 bits per heavy atom. The van der Waals surface area contributed by atoms with E-state index in [9.17, 15) is 9.59 Å². The summed E-state index contributed by atoms with van der Waals surface area (Å²) in [5.41, 5.74) is 3.35. The molecule has 3 amide bonds. The minimum atomic E-state index is -0.307. The van der Waals surface area contributed by atoms with E-state index in [2.05, 4.69) is 54.3 Å². The second-order valence-electron chi connectivity index (χ2n) is 9.67. The van der Waals surface area contributed by atoms with Crippen LogP contribution in [0.4, 0.5) is 16.3 Å². The number of nitrogens with zero attached hydrogens (tertiary/aromatic N) is 3. The maximum absolute atomic E-state index is 13.1. The number of amides is 3. The van der Waals surface area contributed by atoms with E-state index >= 15 is 0 Å². The summed E-state index contributed by atoms with van der Waals surface area (Å²) in [6.07, 6.45) is 1.72. The van der Waals surface area contributed by atoms with E-state index in [4.69, 9.17) is 5.10 Å². The average molecular weight is 541 g/mol. The van der Waals surface area contributed by atoms with Crippen LogP contribution in [0.15, 0.2) is 59.1 Å². The number of benzene rings is 2. The summed E-state index contributed by atoms with van der Waals surface area (Å²) < 4.78 is 2.67. The van der Waals surface area contributed by atoms with Crippen molar-refractivity contribution in [2.24, 2.45) is 0 Å². The lowest BCUT2D eigenvalue weighted by Crippen LogP contribution is -2.41. The predicted molar refractivity (Wildman–Crippen MR) is 145 cm³/mol. The minimum Gasteiger partial charge on any atom is -0.315 e. The van der Waals surface area contributed by atoms with Crippen molar-refractivity contribution in [1.82, 2.24) is 14.7 Å². The molecule has 0 saturated carbocycles. The van der Waals surface area contributed by atoms with Crippen LogP contribution in [0.1, 0.15) is 51.8 Å². The number of rotatable bonds is 8. The van der Waals surface area contributed by atoms with Crippen LogP contribution in [-0.4, -0.2) is 39.7 Å². The number of hydrogen-bond acceptors (Lipinski definition) is 3. The molecule has 0 aliphatic heterocycles. The van der Waals surface area contributed by atoms with Crippen LogP contribution < -0.4 is 10.6 Å². The number of aryl methyl sites for hydroxylation is 1. The first kappa shape index (κ1) is 26.5. The van der Waals surface area contributed by atoms with Gasteiger partial charge in [0, 0.05) is 28.2 Å². The Morgan fingerprint density at radius 3 is 2.29 bits per heavy atom. The molecule has 35 heavy (non-hydrogen) atoms. The van der Waals surface area contributed by atoms with Crippen molar-refractivity contribution >= 4 is 39.4 Å². The molecule has 1 heterocycles. The summed E-state index contributed by atoms with van der Waals surface area (Å²) in [6.45, 7) is 10.8. The molecule has 8 heteroatoms. The summed E-state index contributed by atoms with van der Waals surface area (Å²) >= 11 is 3.40. The van der Waals surface area contributed by atoms with Gasteiger partial charge in [0.05, 0.1) is 11.4 Å². The number of unbranched alkanes of at least 4 members (excludes halogenated alkanes) is 1. The van der Waals surface area contributed by atoms with E-state index in [1.807, 2.05) is 61.5 Å². The smallest absolute Gasteiger partial charge is 0.315 e. The fraction of sp³-hybridized carbons (Fsp3) is 0.370. The van der Waals surface area contributed by atoms with Crippen molar-refractivity contribution in [3.63, 3.8) is 0 Å². The molecule has 3 rings (SSSR count). The van der Waals surface area contributed by atoms with Crippen LogP contribution in [0.2, 0.25) is 0 Å². The zero-order chi connectivity index (χ0) is 25.6. The first-order valence-electron chi connectivity index (χ1n) is 11.9. The second-order valence-corrected chi connectivity index (χ2v) is 10.6. The number of hydrogen-bond donors (Lipinski definition) is 2. The number of carbonyl (C=O) groups is 2. The number of carbonyl (C=O) groups excluding carboxylic acids is 2. The monoisotopic (exact) mass is 539 g/mol. The van der Waals surface area contributed by atoms with Crippen molar-refractivity contribution in [2.45, 2.75) is 52.9 Å². The third kappa shape index (κ3) is 7.42. The quantitative estimate of drug-likeness (QED) is 0.342. The lowest BCUT2D eigenvalue weighted by atomic mass is 9.92. The van der Waals surface area contributed by atoms with Crippen LogP contribution in [0.5, 0.6) is 0 Å². The molecule has 3 aromatic rings. The van der Waals surface area contributed by atoms with Gasteiger partial charge in [-0.3, -0.25) is 4.79 Å². The van der Waals surface area contributed by atoms with Gasteiger partial charge in [-0.1, -0.05) is 67.7 Å². The molecule has 2 N–H and O–H groups in total. The van der Waals surface area contributed by atoms with E-state index in [1.165, 1.54) is 4.90 Å². The van der Waals surface area contributed by atoms with Gasteiger partial charge in [0.25, 0.3) is 0 Å². The van der Waals surface area contributed by atoms with Crippen LogP contribution in [0.3, 0.4) is 0 Å². The van der Waals surface area contributed by atoms with Gasteiger partial charge in [-0.25, -0.2) is 9.48 Å². The molecule has 0 fully saturated rings. The van der Waals surface area contributed by atoms with Crippen molar-refractivity contribution < 1.29 is 9.59 Å². The van der Waals surface area contributed by atoms with E-state index in [0.29, 0.717) is 18.1 Å². The third-order valence-corrected chi connectivity index (χ3v) is 6.05. The zero-order valence-electron chi connectivity index (χ0n) is 21.1. The van der Waals surface area contributed by atoms with Crippen molar-refractivity contribution in [3.8, 4) is 5.69 Å². The van der Waals surface area contributed by atoms with Gasteiger partial charge >= 0.3 is 6.03 Å². The Kier molecular flexibility index (Phi) is 8.72. The Balaban J connectivity index is 1.79. The summed E-state index contributed by atoms with van der Waals surface area (Å²) in [4.78, 5) is 27.6. The van der Waals surface area contributed by atoms with Gasteiger partial charge in [0.1, 0.15) is 12.4 Å². The van der Waals surface area contributed by atoms with E-state index < -0.39 is 0 Å². The molecule has 186 valence electrons. The summed E-state index contributed by atoms with van der Waals surface area (Å²) in [5.74, 6) is 0.299. The second kappa shape index (κ2) is 11.5. The molecule has 1 aromatic heterocycles. The van der Waals surface area contributed by atoms with E-state index in [1.54, 1.807) is 4.68 Å². The molecule has 0 spiro atoms. The maximum atomic E-state index is 13.1. The number of aromatic nitrogens is 2. The minimum absolute atomic E-state index is 0.0632. The largest absolute Gasteiger partial charge is 0.322 e. The highest BCUT2D eigenvalue weighted by Crippen LogP contribution is 2.26. The zero-order valence-corrected chi connectivity index (χ0v) is 22.6. The SMILES string of the molecule is CCCCN(CC(=O)Nc1cc(C(C)(C)C)nn1-c1ccc(C)cc1)C(=O)Nc1ccc(Br)cc1. The van der Waals surface area contributed by atoms with Crippen molar-refractivity contribution in [1.29, 1.82) is 0 Å². The molecule has 0 atom stereocenters. The fourth-order valence-corrected chi connectivity index (χ4v) is 3.68. The first-order valence-corrected chi connectivity index (χ1v) is 12.6. The Bertz CT molecular complexity index is 1150. The molecule has 0 saturated heterocycles. The third-order valence-electron chi connectivity index (χ3n) is 5.52. The van der Waals surface area contributed by atoms with Crippen molar-refractivity contribution in [3.05, 3.63) is 70.3 Å². The van der Waals surface area contributed by atoms with E-state index in [0.717, 1.165) is 34.3 Å². The Labute approximate surface area is 216 Å². The molecule has 0 aliphatic carbocycles. The highest BCUT2D eigenvalue weighted by molar-refractivity contribution is 9.10. The van der Waals surface area contributed by atoms with Gasteiger partial charge in [0.15, 0.2) is 0 Å². The highest BCUT2D eigenvalue weighted by Gasteiger charge is 2.23. The molecular weight excluding hydrogens is 506 g/mol. The summed E-state index contributed by atoms with van der Waals surface area (Å²) in [6, 6.07) is 16.9. The molecule has 0 radical (unpaired) electrons. The summed E-state index contributed by atoms with van der Waals surface area (Å²) in [7, 11) is 0. The number of nitrogens with one attached hydrogen (secondary N) is 2. The molecule has 7 nitrogen and oxygen atoms in total. The van der Waals surface area contributed by atoms with Gasteiger partial charge in [0.2, 0.25) is 5.91 Å².